The van der Waals surface area contributed by atoms with Gasteiger partial charge in [-0.1, -0.05) is 41.9 Å². The lowest BCUT2D eigenvalue weighted by Gasteiger charge is -2.15. The molecular formula is C15H16ClN3. The van der Waals surface area contributed by atoms with E-state index in [9.17, 15) is 0 Å². The summed E-state index contributed by atoms with van der Waals surface area (Å²) in [5, 5.41) is 0.451. The molecule has 1 aromatic carbocycles. The van der Waals surface area contributed by atoms with Crippen LogP contribution in [0.5, 0.6) is 0 Å². The van der Waals surface area contributed by atoms with Crippen LogP contribution in [0.15, 0.2) is 42.7 Å². The second kappa shape index (κ2) is 5.68. The summed E-state index contributed by atoms with van der Waals surface area (Å²) in [5.74, 6) is 0.640. The van der Waals surface area contributed by atoms with Crippen LogP contribution in [0.2, 0.25) is 5.15 Å². The number of halogens is 1. The summed E-state index contributed by atoms with van der Waals surface area (Å²) < 4.78 is 0. The van der Waals surface area contributed by atoms with E-state index in [2.05, 4.69) is 45.2 Å². The molecule has 1 fully saturated rings. The second-order valence-corrected chi connectivity index (χ2v) is 5.35. The summed E-state index contributed by atoms with van der Waals surface area (Å²) in [7, 11) is 0. The molecule has 0 saturated carbocycles. The average molecular weight is 274 g/mol. The van der Waals surface area contributed by atoms with Crippen LogP contribution in [-0.2, 0) is 6.54 Å². The predicted octanol–water partition coefficient (Wildman–Crippen LogP) is 3.12. The summed E-state index contributed by atoms with van der Waals surface area (Å²) in [4.78, 5) is 10.8. The topological polar surface area (TPSA) is 29.0 Å². The van der Waals surface area contributed by atoms with E-state index < -0.39 is 0 Å². The van der Waals surface area contributed by atoms with Crippen molar-refractivity contribution in [3.63, 3.8) is 0 Å². The van der Waals surface area contributed by atoms with Crippen LogP contribution >= 0.6 is 11.6 Å². The minimum atomic E-state index is 0.451. The van der Waals surface area contributed by atoms with Gasteiger partial charge in [0.15, 0.2) is 0 Å². The van der Waals surface area contributed by atoms with Gasteiger partial charge in [-0.3, -0.25) is 9.88 Å². The fourth-order valence-electron chi connectivity index (χ4n) is 2.62. The second-order valence-electron chi connectivity index (χ2n) is 4.96. The lowest BCUT2D eigenvalue weighted by atomic mass is 9.99. The highest BCUT2D eigenvalue weighted by Gasteiger charge is 2.23. The van der Waals surface area contributed by atoms with E-state index in [1.807, 2.05) is 0 Å². The Labute approximate surface area is 118 Å². The van der Waals surface area contributed by atoms with Crippen LogP contribution in [-0.4, -0.2) is 28.0 Å². The third kappa shape index (κ3) is 3.11. The maximum Gasteiger partial charge on any atom is 0.147 e. The maximum atomic E-state index is 5.74. The van der Waals surface area contributed by atoms with Crippen molar-refractivity contribution in [2.24, 2.45) is 0 Å². The van der Waals surface area contributed by atoms with Crippen LogP contribution in [0.3, 0.4) is 0 Å². The van der Waals surface area contributed by atoms with Gasteiger partial charge in [0.05, 0.1) is 18.1 Å². The molecule has 1 unspecified atom stereocenters. The van der Waals surface area contributed by atoms with Gasteiger partial charge < -0.3 is 0 Å². The quantitative estimate of drug-likeness (QED) is 0.860. The molecule has 1 saturated heterocycles. The molecular weight excluding hydrogens is 258 g/mol. The van der Waals surface area contributed by atoms with Gasteiger partial charge in [0.2, 0.25) is 0 Å². The molecule has 1 aliphatic heterocycles. The van der Waals surface area contributed by atoms with Gasteiger partial charge in [-0.2, -0.15) is 0 Å². The maximum absolute atomic E-state index is 5.74. The largest absolute Gasteiger partial charge is 0.297 e. The van der Waals surface area contributed by atoms with E-state index in [1.54, 1.807) is 12.4 Å². The summed E-state index contributed by atoms with van der Waals surface area (Å²) in [6.45, 7) is 3.06. The van der Waals surface area contributed by atoms with Crippen molar-refractivity contribution in [2.45, 2.75) is 18.9 Å². The van der Waals surface area contributed by atoms with Crippen molar-refractivity contribution in [1.29, 1.82) is 0 Å². The summed E-state index contributed by atoms with van der Waals surface area (Å²) in [5.41, 5.74) is 2.42. The first-order valence-electron chi connectivity index (χ1n) is 6.55. The van der Waals surface area contributed by atoms with Crippen molar-refractivity contribution in [2.75, 3.05) is 13.1 Å². The molecule has 2 aromatic rings. The first-order valence-corrected chi connectivity index (χ1v) is 6.93. The Morgan fingerprint density at radius 2 is 2.00 bits per heavy atom. The van der Waals surface area contributed by atoms with Gasteiger partial charge in [-0.15, -0.1) is 0 Å². The zero-order valence-electron chi connectivity index (χ0n) is 10.7. The van der Waals surface area contributed by atoms with Crippen LogP contribution in [0, 0.1) is 0 Å². The zero-order valence-corrected chi connectivity index (χ0v) is 11.4. The van der Waals surface area contributed by atoms with Gasteiger partial charge in [-0.25, -0.2) is 4.98 Å². The van der Waals surface area contributed by atoms with Crippen molar-refractivity contribution >= 4 is 11.6 Å². The zero-order chi connectivity index (χ0) is 13.1. The molecule has 2 heterocycles. The fraction of sp³-hybridized carbons (Fsp3) is 0.333. The molecule has 98 valence electrons. The number of nitrogens with zero attached hydrogens (tertiary/aromatic N) is 3. The highest BCUT2D eigenvalue weighted by atomic mass is 35.5. The van der Waals surface area contributed by atoms with E-state index in [-0.39, 0.29) is 0 Å². The minimum absolute atomic E-state index is 0.451. The number of rotatable bonds is 3. The predicted molar refractivity (Wildman–Crippen MR) is 76.1 cm³/mol. The van der Waals surface area contributed by atoms with E-state index >= 15 is 0 Å². The Bertz CT molecular complexity index is 527. The number of benzene rings is 1. The van der Waals surface area contributed by atoms with Gasteiger partial charge in [0.25, 0.3) is 0 Å². The van der Waals surface area contributed by atoms with Crippen LogP contribution in [0.1, 0.15) is 23.6 Å². The summed E-state index contributed by atoms with van der Waals surface area (Å²) in [6.07, 6.45) is 4.59. The van der Waals surface area contributed by atoms with Crippen molar-refractivity contribution in [3.8, 4) is 0 Å². The Hall–Kier alpha value is -1.45. The fourth-order valence-corrected chi connectivity index (χ4v) is 2.72. The third-order valence-electron chi connectivity index (χ3n) is 3.60. The molecule has 0 amide bonds. The molecule has 1 aromatic heterocycles. The summed E-state index contributed by atoms with van der Waals surface area (Å²) >= 11 is 5.74. The Kier molecular flexibility index (Phi) is 3.76. The molecule has 0 N–H and O–H groups in total. The molecule has 0 radical (unpaired) electrons. The van der Waals surface area contributed by atoms with Crippen molar-refractivity contribution in [1.82, 2.24) is 14.9 Å². The van der Waals surface area contributed by atoms with Crippen LogP contribution in [0.25, 0.3) is 0 Å². The van der Waals surface area contributed by atoms with Crippen LogP contribution < -0.4 is 0 Å². The summed E-state index contributed by atoms with van der Waals surface area (Å²) in [6, 6.07) is 10.7. The monoisotopic (exact) mass is 273 g/mol. The third-order valence-corrected chi connectivity index (χ3v) is 3.80. The molecule has 1 aliphatic rings. The minimum Gasteiger partial charge on any atom is -0.297 e. The lowest BCUT2D eigenvalue weighted by Crippen LogP contribution is -2.20. The average Bonchev–Trinajstić information content (AvgIpc) is 2.91. The standard InChI is InChI=1S/C15H16ClN3/c16-15-9-17-14(8-18-15)11-19-7-6-13(10-19)12-4-2-1-3-5-12/h1-5,8-9,13H,6-7,10-11H2. The molecule has 3 rings (SSSR count). The van der Waals surface area contributed by atoms with E-state index in [0.29, 0.717) is 11.1 Å². The number of hydrogen-bond donors (Lipinski definition) is 0. The number of likely N-dealkylation sites (tertiary alicyclic amines) is 1. The van der Waals surface area contributed by atoms with E-state index in [0.717, 1.165) is 25.3 Å². The molecule has 0 aliphatic carbocycles. The van der Waals surface area contributed by atoms with Gasteiger partial charge in [0, 0.05) is 13.1 Å². The molecule has 3 nitrogen and oxygen atoms in total. The highest BCUT2D eigenvalue weighted by molar-refractivity contribution is 6.29. The lowest BCUT2D eigenvalue weighted by molar-refractivity contribution is 0.322. The Morgan fingerprint density at radius 1 is 1.16 bits per heavy atom. The molecule has 0 bridgehead atoms. The Morgan fingerprint density at radius 3 is 2.74 bits per heavy atom. The highest BCUT2D eigenvalue weighted by Crippen LogP contribution is 2.27. The first-order chi connectivity index (χ1) is 9.31. The molecule has 0 spiro atoms. The number of aromatic nitrogens is 2. The van der Waals surface area contributed by atoms with Gasteiger partial charge >= 0.3 is 0 Å². The van der Waals surface area contributed by atoms with E-state index in [1.165, 1.54) is 12.0 Å². The smallest absolute Gasteiger partial charge is 0.147 e. The van der Waals surface area contributed by atoms with Gasteiger partial charge in [0.1, 0.15) is 5.15 Å². The van der Waals surface area contributed by atoms with Crippen LogP contribution in [0.4, 0.5) is 0 Å². The normalized spacial score (nSPS) is 19.7. The molecule has 1 atom stereocenters. The van der Waals surface area contributed by atoms with Gasteiger partial charge in [-0.05, 0) is 24.4 Å². The van der Waals surface area contributed by atoms with Crippen molar-refractivity contribution in [3.05, 3.63) is 59.1 Å². The SMILES string of the molecule is Clc1cnc(CN2CCC(c3ccccc3)C2)cn1. The molecule has 19 heavy (non-hydrogen) atoms. The van der Waals surface area contributed by atoms with Crippen molar-refractivity contribution < 1.29 is 0 Å². The number of hydrogen-bond acceptors (Lipinski definition) is 3. The first kappa shape index (κ1) is 12.6. The Balaban J connectivity index is 1.62. The molecule has 4 heteroatoms. The van der Waals surface area contributed by atoms with E-state index in [4.69, 9.17) is 11.6 Å².